The van der Waals surface area contributed by atoms with Gasteiger partial charge in [0.1, 0.15) is 11.9 Å². The van der Waals surface area contributed by atoms with Crippen molar-refractivity contribution in [1.82, 2.24) is 16.0 Å². The second kappa shape index (κ2) is 9.73. The van der Waals surface area contributed by atoms with Gasteiger partial charge in [0.25, 0.3) is 5.91 Å². The molecule has 1 fully saturated rings. The Morgan fingerprint density at radius 3 is 2.56 bits per heavy atom. The first-order valence-corrected chi connectivity index (χ1v) is 8.46. The Bertz CT molecular complexity index is 597. The number of nitrogens with one attached hydrogen (secondary N) is 3. The maximum Gasteiger partial charge on any atom is 0.254 e. The predicted molar refractivity (Wildman–Crippen MR) is 98.3 cm³/mol. The molecule has 0 saturated carbocycles. The molecule has 1 heterocycles. The van der Waals surface area contributed by atoms with E-state index >= 15 is 0 Å². The largest absolute Gasteiger partial charge is 0.351 e. The van der Waals surface area contributed by atoms with E-state index in [9.17, 15) is 14.0 Å². The van der Waals surface area contributed by atoms with Crippen LogP contribution >= 0.6 is 12.4 Å². The summed E-state index contributed by atoms with van der Waals surface area (Å²) in [6.07, 6.45) is 0.860. The molecule has 1 aromatic carbocycles. The van der Waals surface area contributed by atoms with Crippen molar-refractivity contribution in [1.29, 1.82) is 0 Å². The molecule has 0 bridgehead atoms. The highest BCUT2D eigenvalue weighted by Crippen LogP contribution is 2.13. The van der Waals surface area contributed by atoms with Gasteiger partial charge in [-0.15, -0.1) is 12.4 Å². The fourth-order valence-electron chi connectivity index (χ4n) is 2.90. The molecular formula is C18H27ClFN3O2. The molecule has 0 radical (unpaired) electrons. The zero-order chi connectivity index (χ0) is 17.7. The first kappa shape index (κ1) is 21.4. The van der Waals surface area contributed by atoms with Crippen molar-refractivity contribution in [3.8, 4) is 0 Å². The van der Waals surface area contributed by atoms with Gasteiger partial charge in [-0.25, -0.2) is 4.39 Å². The second-order valence-corrected chi connectivity index (χ2v) is 6.76. The van der Waals surface area contributed by atoms with Crippen molar-refractivity contribution in [2.75, 3.05) is 13.1 Å². The Hall–Kier alpha value is -1.66. The van der Waals surface area contributed by atoms with Crippen LogP contribution in [0.2, 0.25) is 0 Å². The summed E-state index contributed by atoms with van der Waals surface area (Å²) in [5, 5.41) is 8.99. The quantitative estimate of drug-likeness (QED) is 0.742. The summed E-state index contributed by atoms with van der Waals surface area (Å²) in [4.78, 5) is 24.9. The van der Waals surface area contributed by atoms with Crippen molar-refractivity contribution in [2.45, 2.75) is 39.3 Å². The number of halogens is 2. The van der Waals surface area contributed by atoms with Crippen molar-refractivity contribution >= 4 is 24.2 Å². The van der Waals surface area contributed by atoms with Crippen molar-refractivity contribution in [3.05, 3.63) is 35.6 Å². The Morgan fingerprint density at radius 2 is 1.96 bits per heavy atom. The molecule has 3 N–H and O–H groups in total. The smallest absolute Gasteiger partial charge is 0.254 e. The summed E-state index contributed by atoms with van der Waals surface area (Å²) in [6, 6.07) is 5.16. The predicted octanol–water partition coefficient (Wildman–Crippen LogP) is 2.12. The van der Waals surface area contributed by atoms with Gasteiger partial charge in [-0.2, -0.15) is 0 Å². The van der Waals surface area contributed by atoms with Crippen LogP contribution in [0, 0.1) is 17.7 Å². The average Bonchev–Trinajstić information content (AvgIpc) is 2.54. The fourth-order valence-corrected chi connectivity index (χ4v) is 2.90. The van der Waals surface area contributed by atoms with Crippen LogP contribution in [0.1, 0.15) is 37.6 Å². The van der Waals surface area contributed by atoms with E-state index in [0.29, 0.717) is 5.92 Å². The second-order valence-electron chi connectivity index (χ2n) is 6.76. The fraction of sp³-hybridized carbons (Fsp3) is 0.556. The normalized spacial score (nSPS) is 21.2. The number of rotatable bonds is 5. The maximum atomic E-state index is 13.7. The number of hydrogen-bond donors (Lipinski definition) is 3. The van der Waals surface area contributed by atoms with Crippen LogP contribution in [-0.4, -0.2) is 37.0 Å². The minimum absolute atomic E-state index is 0. The third kappa shape index (κ3) is 5.68. The standard InChI is InChI=1S/C18H26FN3O2.ClH/c1-11(2)16(18(24)21-15-8-9-20-10-12(15)3)22-17(23)13-6-4-5-7-14(13)19;/h4-7,11-12,15-16,20H,8-10H2,1-3H3,(H,21,24)(H,22,23);1H. The highest BCUT2D eigenvalue weighted by Gasteiger charge is 2.29. The third-order valence-corrected chi connectivity index (χ3v) is 4.47. The summed E-state index contributed by atoms with van der Waals surface area (Å²) in [5.74, 6) is -1.14. The van der Waals surface area contributed by atoms with E-state index in [4.69, 9.17) is 0 Å². The maximum absolute atomic E-state index is 13.7. The third-order valence-electron chi connectivity index (χ3n) is 4.47. The lowest BCUT2D eigenvalue weighted by atomic mass is 9.94. The molecule has 1 aliphatic rings. The van der Waals surface area contributed by atoms with E-state index in [1.54, 1.807) is 6.07 Å². The van der Waals surface area contributed by atoms with Gasteiger partial charge < -0.3 is 16.0 Å². The average molecular weight is 372 g/mol. The van der Waals surface area contributed by atoms with Crippen LogP contribution in [0.15, 0.2) is 24.3 Å². The molecule has 1 aliphatic heterocycles. The van der Waals surface area contributed by atoms with Gasteiger partial charge in [0.05, 0.1) is 5.56 Å². The SMILES string of the molecule is CC(C)C(NC(=O)c1ccccc1F)C(=O)NC1CCNCC1C.Cl. The van der Waals surface area contributed by atoms with Gasteiger partial charge in [0, 0.05) is 6.04 Å². The summed E-state index contributed by atoms with van der Waals surface area (Å²) in [7, 11) is 0. The number of benzene rings is 1. The Labute approximate surface area is 154 Å². The number of carbonyl (C=O) groups excluding carboxylic acids is 2. The lowest BCUT2D eigenvalue weighted by Gasteiger charge is -2.32. The molecule has 2 rings (SSSR count). The number of piperidine rings is 1. The van der Waals surface area contributed by atoms with Gasteiger partial charge in [-0.1, -0.05) is 32.9 Å². The van der Waals surface area contributed by atoms with Crippen molar-refractivity contribution in [3.63, 3.8) is 0 Å². The van der Waals surface area contributed by atoms with Crippen molar-refractivity contribution in [2.24, 2.45) is 11.8 Å². The van der Waals surface area contributed by atoms with Crippen LogP contribution in [0.3, 0.4) is 0 Å². The minimum atomic E-state index is -0.695. The zero-order valence-corrected chi connectivity index (χ0v) is 15.7. The lowest BCUT2D eigenvalue weighted by molar-refractivity contribution is -0.125. The molecular weight excluding hydrogens is 345 g/mol. The van der Waals surface area contributed by atoms with Crippen LogP contribution in [-0.2, 0) is 4.79 Å². The Balaban J connectivity index is 0.00000312. The highest BCUT2D eigenvalue weighted by atomic mass is 35.5. The van der Waals surface area contributed by atoms with Gasteiger partial charge in [-0.05, 0) is 43.5 Å². The molecule has 0 aromatic heterocycles. The van der Waals surface area contributed by atoms with Crippen LogP contribution in [0.4, 0.5) is 4.39 Å². The number of hydrogen-bond acceptors (Lipinski definition) is 3. The molecule has 5 nitrogen and oxygen atoms in total. The number of amides is 2. The van der Waals surface area contributed by atoms with Gasteiger partial charge in [0.2, 0.25) is 5.91 Å². The summed E-state index contributed by atoms with van der Waals surface area (Å²) >= 11 is 0. The van der Waals surface area contributed by atoms with E-state index in [-0.39, 0.29) is 35.8 Å². The molecule has 0 aliphatic carbocycles. The lowest BCUT2D eigenvalue weighted by Crippen LogP contribution is -2.55. The van der Waals surface area contributed by atoms with Crippen LogP contribution in [0.25, 0.3) is 0 Å². The van der Waals surface area contributed by atoms with Crippen LogP contribution in [0.5, 0.6) is 0 Å². The first-order valence-electron chi connectivity index (χ1n) is 8.46. The van der Waals surface area contributed by atoms with Gasteiger partial charge >= 0.3 is 0 Å². The molecule has 1 saturated heterocycles. The number of carbonyl (C=O) groups is 2. The van der Waals surface area contributed by atoms with E-state index in [2.05, 4.69) is 22.9 Å². The zero-order valence-electron chi connectivity index (χ0n) is 14.8. The molecule has 2 amide bonds. The Kier molecular flexibility index (Phi) is 8.32. The molecule has 7 heteroatoms. The minimum Gasteiger partial charge on any atom is -0.351 e. The molecule has 140 valence electrons. The van der Waals surface area contributed by atoms with Crippen molar-refractivity contribution < 1.29 is 14.0 Å². The Morgan fingerprint density at radius 1 is 1.28 bits per heavy atom. The van der Waals surface area contributed by atoms with E-state index in [1.165, 1.54) is 18.2 Å². The first-order chi connectivity index (χ1) is 11.4. The van der Waals surface area contributed by atoms with E-state index < -0.39 is 17.8 Å². The molecule has 3 unspecified atom stereocenters. The summed E-state index contributed by atoms with van der Waals surface area (Å²) in [5.41, 5.74) is -0.0498. The molecule has 25 heavy (non-hydrogen) atoms. The summed E-state index contributed by atoms with van der Waals surface area (Å²) in [6.45, 7) is 7.52. The summed E-state index contributed by atoms with van der Waals surface area (Å²) < 4.78 is 13.7. The molecule has 1 aromatic rings. The highest BCUT2D eigenvalue weighted by molar-refractivity contribution is 5.97. The monoisotopic (exact) mass is 371 g/mol. The van der Waals surface area contributed by atoms with E-state index in [0.717, 1.165) is 19.5 Å². The topological polar surface area (TPSA) is 70.2 Å². The van der Waals surface area contributed by atoms with Gasteiger partial charge in [-0.3, -0.25) is 9.59 Å². The molecule has 0 spiro atoms. The van der Waals surface area contributed by atoms with Gasteiger partial charge in [0.15, 0.2) is 0 Å². The van der Waals surface area contributed by atoms with E-state index in [1.807, 2.05) is 13.8 Å². The van der Waals surface area contributed by atoms with Crippen LogP contribution < -0.4 is 16.0 Å². The molecule has 3 atom stereocenters.